The van der Waals surface area contributed by atoms with Gasteiger partial charge in [-0.25, -0.2) is 13.8 Å². The van der Waals surface area contributed by atoms with Crippen molar-refractivity contribution in [1.29, 1.82) is 0 Å². The number of hydrogen-bond donors (Lipinski definition) is 1. The third kappa shape index (κ3) is 2.38. The summed E-state index contributed by atoms with van der Waals surface area (Å²) in [5, 5.41) is 1.62. The maximum Gasteiger partial charge on any atom is 0.252 e. The standard InChI is InChI=1S/C7H14F2N2/c1-5-3-6(2)11(10-5)4-7(8)9/h5-7,10H,3-4H2,1-2H3. The maximum absolute atomic E-state index is 11.9. The van der Waals surface area contributed by atoms with E-state index in [1.165, 1.54) is 0 Å². The van der Waals surface area contributed by atoms with Gasteiger partial charge < -0.3 is 0 Å². The highest BCUT2D eigenvalue weighted by molar-refractivity contribution is 4.78. The summed E-state index contributed by atoms with van der Waals surface area (Å²) in [6.45, 7) is 3.80. The maximum atomic E-state index is 11.9. The van der Waals surface area contributed by atoms with Crippen molar-refractivity contribution in [2.75, 3.05) is 6.54 Å². The zero-order chi connectivity index (χ0) is 8.43. The Morgan fingerprint density at radius 3 is 2.55 bits per heavy atom. The van der Waals surface area contributed by atoms with E-state index in [2.05, 4.69) is 5.43 Å². The van der Waals surface area contributed by atoms with Crippen molar-refractivity contribution in [2.24, 2.45) is 0 Å². The molecule has 2 nitrogen and oxygen atoms in total. The average molecular weight is 164 g/mol. The van der Waals surface area contributed by atoms with Gasteiger partial charge in [-0.2, -0.15) is 0 Å². The summed E-state index contributed by atoms with van der Waals surface area (Å²) in [5.74, 6) is 0. The Labute approximate surface area is 65.5 Å². The molecule has 0 aromatic heterocycles. The summed E-state index contributed by atoms with van der Waals surface area (Å²) >= 11 is 0. The molecule has 0 radical (unpaired) electrons. The predicted molar refractivity (Wildman–Crippen MR) is 39.4 cm³/mol. The number of hydrogen-bond acceptors (Lipinski definition) is 2. The first-order valence-electron chi connectivity index (χ1n) is 3.90. The fraction of sp³-hybridized carbons (Fsp3) is 1.00. The van der Waals surface area contributed by atoms with Gasteiger partial charge >= 0.3 is 0 Å². The van der Waals surface area contributed by atoms with Crippen LogP contribution in [0.2, 0.25) is 0 Å². The van der Waals surface area contributed by atoms with Crippen molar-refractivity contribution >= 4 is 0 Å². The van der Waals surface area contributed by atoms with Gasteiger partial charge in [-0.15, -0.1) is 0 Å². The molecule has 2 atom stereocenters. The van der Waals surface area contributed by atoms with Crippen LogP contribution in [-0.4, -0.2) is 30.1 Å². The summed E-state index contributed by atoms with van der Waals surface area (Å²) in [4.78, 5) is 0. The second kappa shape index (κ2) is 3.45. The number of rotatable bonds is 2. The second-order valence-corrected chi connectivity index (χ2v) is 3.16. The number of nitrogens with zero attached hydrogens (tertiary/aromatic N) is 1. The highest BCUT2D eigenvalue weighted by atomic mass is 19.3. The first kappa shape index (κ1) is 8.87. The Morgan fingerprint density at radius 1 is 1.55 bits per heavy atom. The molecular weight excluding hydrogens is 150 g/mol. The molecule has 0 aromatic carbocycles. The minimum Gasteiger partial charge on any atom is -0.252 e. The van der Waals surface area contributed by atoms with Crippen molar-refractivity contribution in [3.8, 4) is 0 Å². The van der Waals surface area contributed by atoms with Crippen molar-refractivity contribution in [3.63, 3.8) is 0 Å². The van der Waals surface area contributed by atoms with E-state index in [4.69, 9.17) is 0 Å². The Morgan fingerprint density at radius 2 is 2.18 bits per heavy atom. The molecule has 4 heteroatoms. The SMILES string of the molecule is CC1CC(C)N(CC(F)F)N1. The van der Waals surface area contributed by atoms with E-state index < -0.39 is 6.43 Å². The van der Waals surface area contributed by atoms with Crippen LogP contribution in [0.25, 0.3) is 0 Å². The van der Waals surface area contributed by atoms with Gasteiger partial charge in [0, 0.05) is 12.1 Å². The molecule has 11 heavy (non-hydrogen) atoms. The van der Waals surface area contributed by atoms with E-state index in [0.717, 1.165) is 6.42 Å². The summed E-state index contributed by atoms with van der Waals surface area (Å²) in [7, 11) is 0. The lowest BCUT2D eigenvalue weighted by Crippen LogP contribution is -2.40. The van der Waals surface area contributed by atoms with Crippen LogP contribution in [0.4, 0.5) is 8.78 Å². The molecule has 0 spiro atoms. The van der Waals surface area contributed by atoms with Gasteiger partial charge in [-0.1, -0.05) is 0 Å². The van der Waals surface area contributed by atoms with E-state index in [-0.39, 0.29) is 12.6 Å². The van der Waals surface area contributed by atoms with Crippen LogP contribution in [0.3, 0.4) is 0 Å². The highest BCUT2D eigenvalue weighted by Gasteiger charge is 2.27. The van der Waals surface area contributed by atoms with Crippen molar-refractivity contribution in [2.45, 2.75) is 38.8 Å². The quantitative estimate of drug-likeness (QED) is 0.660. The molecular formula is C7H14F2N2. The van der Waals surface area contributed by atoms with E-state index in [1.54, 1.807) is 5.01 Å². The van der Waals surface area contributed by atoms with Crippen molar-refractivity contribution < 1.29 is 8.78 Å². The van der Waals surface area contributed by atoms with Gasteiger partial charge in [0.15, 0.2) is 0 Å². The lowest BCUT2D eigenvalue weighted by molar-refractivity contribution is 0.0596. The third-order valence-electron chi connectivity index (χ3n) is 1.95. The molecule has 0 bridgehead atoms. The molecule has 66 valence electrons. The van der Waals surface area contributed by atoms with Crippen LogP contribution in [0, 0.1) is 0 Å². The van der Waals surface area contributed by atoms with E-state index in [9.17, 15) is 8.78 Å². The molecule has 0 saturated carbocycles. The van der Waals surface area contributed by atoms with E-state index >= 15 is 0 Å². The van der Waals surface area contributed by atoms with Crippen LogP contribution in [0.1, 0.15) is 20.3 Å². The van der Waals surface area contributed by atoms with Crippen LogP contribution in [0.15, 0.2) is 0 Å². The minimum absolute atomic E-state index is 0.161. The predicted octanol–water partition coefficient (Wildman–Crippen LogP) is 1.24. The van der Waals surface area contributed by atoms with Gasteiger partial charge in [0.05, 0.1) is 6.54 Å². The second-order valence-electron chi connectivity index (χ2n) is 3.16. The van der Waals surface area contributed by atoms with Gasteiger partial charge in [-0.3, -0.25) is 5.43 Å². The number of alkyl halides is 2. The number of nitrogens with one attached hydrogen (secondary N) is 1. The van der Waals surface area contributed by atoms with Crippen LogP contribution >= 0.6 is 0 Å². The molecule has 1 aliphatic heterocycles. The fourth-order valence-corrected chi connectivity index (χ4v) is 1.48. The first-order chi connectivity index (χ1) is 5.09. The number of hydrazine groups is 1. The summed E-state index contributed by atoms with van der Waals surface area (Å²) in [5.41, 5.74) is 2.99. The smallest absolute Gasteiger partial charge is 0.252 e. The minimum atomic E-state index is -2.24. The van der Waals surface area contributed by atoms with E-state index in [1.807, 2.05) is 13.8 Å². The van der Waals surface area contributed by atoms with E-state index in [0.29, 0.717) is 6.04 Å². The Balaban J connectivity index is 2.34. The molecule has 1 N–H and O–H groups in total. The average Bonchev–Trinajstić information content (AvgIpc) is 2.09. The van der Waals surface area contributed by atoms with Gasteiger partial charge in [0.25, 0.3) is 6.43 Å². The summed E-state index contributed by atoms with van der Waals surface area (Å²) < 4.78 is 23.8. The number of halogens is 2. The third-order valence-corrected chi connectivity index (χ3v) is 1.95. The Hall–Kier alpha value is -0.220. The molecule has 0 aromatic rings. The van der Waals surface area contributed by atoms with Gasteiger partial charge in [-0.05, 0) is 20.3 Å². The zero-order valence-electron chi connectivity index (χ0n) is 6.85. The van der Waals surface area contributed by atoms with Crippen LogP contribution in [0.5, 0.6) is 0 Å². The highest BCUT2D eigenvalue weighted by Crippen LogP contribution is 2.14. The van der Waals surface area contributed by atoms with Crippen molar-refractivity contribution in [1.82, 2.24) is 10.4 Å². The zero-order valence-corrected chi connectivity index (χ0v) is 6.85. The van der Waals surface area contributed by atoms with Crippen LogP contribution in [-0.2, 0) is 0 Å². The molecule has 1 heterocycles. The largest absolute Gasteiger partial charge is 0.252 e. The Bertz CT molecular complexity index is 130. The van der Waals surface area contributed by atoms with Crippen molar-refractivity contribution in [3.05, 3.63) is 0 Å². The van der Waals surface area contributed by atoms with Gasteiger partial charge in [0.1, 0.15) is 0 Å². The van der Waals surface area contributed by atoms with Crippen LogP contribution < -0.4 is 5.43 Å². The molecule has 1 rings (SSSR count). The topological polar surface area (TPSA) is 15.3 Å². The molecule has 1 aliphatic rings. The normalized spacial score (nSPS) is 33.5. The fourth-order valence-electron chi connectivity index (χ4n) is 1.48. The Kier molecular flexibility index (Phi) is 2.78. The molecule has 0 aliphatic carbocycles. The molecule has 1 fully saturated rings. The first-order valence-corrected chi connectivity index (χ1v) is 3.90. The lowest BCUT2D eigenvalue weighted by Gasteiger charge is -2.20. The monoisotopic (exact) mass is 164 g/mol. The van der Waals surface area contributed by atoms with Gasteiger partial charge in [0.2, 0.25) is 0 Å². The molecule has 2 unspecified atom stereocenters. The summed E-state index contributed by atoms with van der Waals surface area (Å²) in [6, 6.07) is 0.572. The molecule has 0 amide bonds. The molecule has 1 saturated heterocycles. The summed E-state index contributed by atoms with van der Waals surface area (Å²) in [6.07, 6.45) is -1.29. The lowest BCUT2D eigenvalue weighted by atomic mass is 10.2.